The third kappa shape index (κ3) is 4.76. The summed E-state index contributed by atoms with van der Waals surface area (Å²) >= 11 is 7.16. The van der Waals surface area contributed by atoms with Gasteiger partial charge in [-0.1, -0.05) is 115 Å². The molecule has 0 saturated carbocycles. The maximum absolute atomic E-state index is 16.2. The van der Waals surface area contributed by atoms with Crippen LogP contribution in [0.5, 0.6) is 0 Å². The van der Waals surface area contributed by atoms with E-state index in [1.807, 2.05) is 0 Å². The van der Waals surface area contributed by atoms with Crippen molar-refractivity contribution in [3.63, 3.8) is 0 Å². The predicted molar refractivity (Wildman–Crippen MR) is 174 cm³/mol. The molecule has 8 heteroatoms. The van der Waals surface area contributed by atoms with E-state index in [0.717, 1.165) is 11.3 Å². The van der Waals surface area contributed by atoms with Crippen LogP contribution in [0.3, 0.4) is 0 Å². The summed E-state index contributed by atoms with van der Waals surface area (Å²) in [7, 11) is 0. The number of allylic oxidation sites excluding steroid dienone is 6. The van der Waals surface area contributed by atoms with Crippen LogP contribution in [0.1, 0.15) is 23.1 Å². The van der Waals surface area contributed by atoms with E-state index in [1.54, 1.807) is 115 Å². The van der Waals surface area contributed by atoms with Gasteiger partial charge in [0, 0.05) is 31.5 Å². The minimum absolute atomic E-state index is 0.0649. The first-order chi connectivity index (χ1) is 22.0. The van der Waals surface area contributed by atoms with E-state index in [4.69, 9.17) is 11.6 Å². The molecule has 7 rings (SSSR count). The third-order valence-electron chi connectivity index (χ3n) is 8.38. The molecule has 0 aliphatic heterocycles. The molecule has 0 unspecified atom stereocenters. The summed E-state index contributed by atoms with van der Waals surface area (Å²) in [5.74, 6) is -16.1. The molecule has 2 aliphatic carbocycles. The Morgan fingerprint density at radius 2 is 1.09 bits per heavy atom. The largest absolute Gasteiger partial charge is 0.380 e. The molecule has 46 heavy (non-hydrogen) atoms. The zero-order valence-corrected chi connectivity index (χ0v) is 25.5. The first-order valence-electron chi connectivity index (χ1n) is 14.4. The Morgan fingerprint density at radius 1 is 0.565 bits per heavy atom. The molecule has 0 fully saturated rings. The van der Waals surface area contributed by atoms with Gasteiger partial charge in [0.05, 0.1) is 0 Å². The number of benzene rings is 4. The van der Waals surface area contributed by atoms with Gasteiger partial charge in [0.25, 0.3) is 0 Å². The van der Waals surface area contributed by atoms with Gasteiger partial charge >= 0.3 is 17.8 Å². The second-order valence-corrected chi connectivity index (χ2v) is 12.7. The molecule has 5 aromatic rings. The van der Waals surface area contributed by atoms with Gasteiger partial charge in [0.15, 0.2) is 0 Å². The molecule has 1 aromatic heterocycles. The van der Waals surface area contributed by atoms with E-state index in [2.05, 4.69) is 0 Å². The van der Waals surface area contributed by atoms with Crippen LogP contribution in [0, 0.1) is 0 Å². The highest BCUT2D eigenvalue weighted by Crippen LogP contribution is 2.66. The fourth-order valence-electron chi connectivity index (χ4n) is 6.13. The van der Waals surface area contributed by atoms with E-state index in [1.165, 1.54) is 12.1 Å². The lowest BCUT2D eigenvalue weighted by Gasteiger charge is -2.26. The zero-order valence-electron chi connectivity index (χ0n) is 23.9. The molecule has 0 radical (unpaired) electrons. The maximum Gasteiger partial charge on any atom is 0.380 e. The monoisotopic (exact) mass is 660 g/mol. The zero-order chi connectivity index (χ0) is 32.3. The third-order valence-corrected chi connectivity index (χ3v) is 9.87. The Kier molecular flexibility index (Phi) is 7.37. The molecule has 0 saturated heterocycles. The Balaban J connectivity index is 1.57. The Hall–Kier alpha value is -4.33. The molecule has 1 heterocycles. The molecular formula is C38H23ClF6S. The summed E-state index contributed by atoms with van der Waals surface area (Å²) in [5, 5.41) is 0.450. The quantitative estimate of drug-likeness (QED) is 0.159. The first-order valence-corrected chi connectivity index (χ1v) is 15.6. The van der Waals surface area contributed by atoms with Crippen LogP contribution < -0.4 is 0 Å². The molecule has 0 amide bonds. The average molecular weight is 661 g/mol. The molecule has 4 aromatic carbocycles. The lowest BCUT2D eigenvalue weighted by atomic mass is 9.90. The highest BCUT2D eigenvalue weighted by Gasteiger charge is 2.80. The second kappa shape index (κ2) is 11.2. The number of hydrogen-bond donors (Lipinski definition) is 0. The van der Waals surface area contributed by atoms with Gasteiger partial charge in [-0.05, 0) is 69.7 Å². The summed E-state index contributed by atoms with van der Waals surface area (Å²) in [5.41, 5.74) is -0.452. The normalized spacial score (nSPS) is 18.3. The highest BCUT2D eigenvalue weighted by atomic mass is 35.5. The molecule has 0 bridgehead atoms. The fourth-order valence-corrected chi connectivity index (χ4v) is 7.43. The van der Waals surface area contributed by atoms with E-state index in [0.29, 0.717) is 37.7 Å². The number of thiophene rings is 1. The van der Waals surface area contributed by atoms with Gasteiger partial charge in [-0.2, -0.15) is 26.3 Å². The minimum Gasteiger partial charge on any atom is -0.194 e. The van der Waals surface area contributed by atoms with Gasteiger partial charge < -0.3 is 0 Å². The Bertz CT molecular complexity index is 2020. The smallest absolute Gasteiger partial charge is 0.194 e. The van der Waals surface area contributed by atoms with Crippen LogP contribution >= 0.6 is 22.9 Å². The molecule has 0 atom stereocenters. The lowest BCUT2D eigenvalue weighted by molar-refractivity contribution is -0.259. The van der Waals surface area contributed by atoms with Crippen molar-refractivity contribution in [3.05, 3.63) is 160 Å². The van der Waals surface area contributed by atoms with E-state index in [9.17, 15) is 0 Å². The van der Waals surface area contributed by atoms with E-state index in [-0.39, 0.29) is 28.0 Å². The molecule has 0 N–H and O–H groups in total. The van der Waals surface area contributed by atoms with Crippen molar-refractivity contribution in [2.24, 2.45) is 0 Å². The van der Waals surface area contributed by atoms with Crippen molar-refractivity contribution in [1.82, 2.24) is 0 Å². The van der Waals surface area contributed by atoms with Crippen LogP contribution in [0.4, 0.5) is 26.3 Å². The van der Waals surface area contributed by atoms with E-state index >= 15 is 26.3 Å². The van der Waals surface area contributed by atoms with Crippen LogP contribution in [-0.2, 0) is 0 Å². The Labute approximate surface area is 270 Å². The first kappa shape index (κ1) is 30.3. The standard InChI is InChI=1S/C38H23ClF6S/c39-28-18-16-23(17-19-28)27-20-29(24-10-4-1-5-11-24)30(21-27)33-34(37(42,43)38(44,45)36(33,40)41)31-22-32(25-12-6-2-7-13-25)46-35(31)26-14-8-3-9-15-26/h1-19,21-22H,20H2. The topological polar surface area (TPSA) is 0 Å². The van der Waals surface area contributed by atoms with Gasteiger partial charge in [0.2, 0.25) is 0 Å². The van der Waals surface area contributed by atoms with Crippen LogP contribution in [0.15, 0.2) is 139 Å². The van der Waals surface area contributed by atoms with Crippen molar-refractivity contribution in [2.45, 2.75) is 24.2 Å². The summed E-state index contributed by atoms with van der Waals surface area (Å²) in [4.78, 5) is 0.679. The van der Waals surface area contributed by atoms with Gasteiger partial charge in [0.1, 0.15) is 0 Å². The van der Waals surface area contributed by atoms with Crippen molar-refractivity contribution in [3.8, 4) is 20.9 Å². The summed E-state index contributed by atoms with van der Waals surface area (Å²) in [6.45, 7) is 0. The van der Waals surface area contributed by atoms with Crippen molar-refractivity contribution < 1.29 is 26.3 Å². The molecule has 2 aliphatic rings. The summed E-state index contributed by atoms with van der Waals surface area (Å²) < 4.78 is 96.1. The minimum atomic E-state index is -5.70. The van der Waals surface area contributed by atoms with Crippen LogP contribution in [-0.4, -0.2) is 17.8 Å². The second-order valence-electron chi connectivity index (χ2n) is 11.2. The van der Waals surface area contributed by atoms with Crippen molar-refractivity contribution >= 4 is 39.7 Å². The Morgan fingerprint density at radius 3 is 1.67 bits per heavy atom. The summed E-state index contributed by atoms with van der Waals surface area (Å²) in [6, 6.07) is 33.6. The fraction of sp³-hybridized carbons (Fsp3) is 0.105. The number of alkyl halides is 6. The van der Waals surface area contributed by atoms with Gasteiger partial charge in [-0.3, -0.25) is 0 Å². The predicted octanol–water partition coefficient (Wildman–Crippen LogP) is 12.3. The van der Waals surface area contributed by atoms with Crippen LogP contribution in [0.25, 0.3) is 37.6 Å². The molecular weight excluding hydrogens is 638 g/mol. The number of rotatable bonds is 6. The molecule has 0 spiro atoms. The SMILES string of the molecule is FC1(F)C(C2=C(c3ccccc3)CC(c3ccc(Cl)cc3)=C2)=C(c2cc(-c3ccccc3)sc2-c2ccccc2)C(F)(F)C1(F)F. The number of halogens is 7. The summed E-state index contributed by atoms with van der Waals surface area (Å²) in [6.07, 6.45) is 1.41. The van der Waals surface area contributed by atoms with Gasteiger partial charge in [-0.25, -0.2) is 0 Å². The lowest BCUT2D eigenvalue weighted by Crippen LogP contribution is -2.49. The highest BCUT2D eigenvalue weighted by molar-refractivity contribution is 7.19. The van der Waals surface area contributed by atoms with Gasteiger partial charge in [-0.15, -0.1) is 11.3 Å². The average Bonchev–Trinajstić information content (AvgIpc) is 3.72. The maximum atomic E-state index is 16.2. The van der Waals surface area contributed by atoms with Crippen LogP contribution in [0.2, 0.25) is 5.02 Å². The molecule has 0 nitrogen and oxygen atoms in total. The molecule has 230 valence electrons. The van der Waals surface area contributed by atoms with Crippen molar-refractivity contribution in [2.75, 3.05) is 0 Å². The number of hydrogen-bond acceptors (Lipinski definition) is 1. The van der Waals surface area contributed by atoms with E-state index < -0.39 is 28.9 Å². The van der Waals surface area contributed by atoms with Crippen molar-refractivity contribution in [1.29, 1.82) is 0 Å².